The lowest BCUT2D eigenvalue weighted by Gasteiger charge is -2.29. The molecule has 0 amide bonds. The van der Waals surface area contributed by atoms with E-state index in [0.29, 0.717) is 25.2 Å². The highest BCUT2D eigenvalue weighted by Crippen LogP contribution is 2.17. The molecule has 1 N–H and O–H groups in total. The first-order valence-electron chi connectivity index (χ1n) is 7.26. The quantitative estimate of drug-likeness (QED) is 0.491. The first kappa shape index (κ1) is 16.1. The van der Waals surface area contributed by atoms with E-state index in [1.807, 2.05) is 0 Å². The van der Waals surface area contributed by atoms with Gasteiger partial charge in [0.05, 0.1) is 22.9 Å². The van der Waals surface area contributed by atoms with Crippen LogP contribution in [-0.2, 0) is 4.79 Å². The van der Waals surface area contributed by atoms with Crippen molar-refractivity contribution in [1.82, 2.24) is 4.90 Å². The average molecular weight is 305 g/mol. The topological polar surface area (TPSA) is 96.0 Å². The number of likely N-dealkylation sites (tertiary alicyclic amines) is 1. The summed E-state index contributed by atoms with van der Waals surface area (Å²) >= 11 is 0. The van der Waals surface area contributed by atoms with Gasteiger partial charge in [0.25, 0.3) is 5.69 Å². The number of nitro groups is 1. The van der Waals surface area contributed by atoms with E-state index < -0.39 is 10.9 Å². The van der Waals surface area contributed by atoms with Gasteiger partial charge in [-0.3, -0.25) is 19.9 Å². The number of para-hydroxylation sites is 1. The predicted octanol–water partition coefficient (Wildman–Crippen LogP) is 1.81. The standard InChI is InChI=1S/C15H19N3O4/c19-15(20)13-5-3-8-17(11-13)9-7-16-10-12-4-1-2-6-14(12)18(21)22/h1-2,4,6,10,13H,3,5,7-9,11H2,(H,19,20). The maximum atomic E-state index is 11.0. The summed E-state index contributed by atoms with van der Waals surface area (Å²) in [5.74, 6) is -1.04. The summed E-state index contributed by atoms with van der Waals surface area (Å²) in [6.45, 7) is 2.60. The lowest BCUT2D eigenvalue weighted by atomic mass is 9.98. The molecule has 1 saturated heterocycles. The second kappa shape index (κ2) is 7.65. The van der Waals surface area contributed by atoms with Crippen LogP contribution in [0.4, 0.5) is 5.69 Å². The lowest BCUT2D eigenvalue weighted by molar-refractivity contribution is -0.385. The molecule has 1 aromatic carbocycles. The maximum Gasteiger partial charge on any atom is 0.307 e. The number of carboxylic acids is 1. The van der Waals surface area contributed by atoms with Crippen molar-refractivity contribution in [3.63, 3.8) is 0 Å². The van der Waals surface area contributed by atoms with Crippen molar-refractivity contribution in [2.24, 2.45) is 10.9 Å². The summed E-state index contributed by atoms with van der Waals surface area (Å²) in [5.41, 5.74) is 0.518. The molecule has 1 aromatic rings. The van der Waals surface area contributed by atoms with E-state index >= 15 is 0 Å². The van der Waals surface area contributed by atoms with E-state index in [1.54, 1.807) is 18.2 Å². The van der Waals surface area contributed by atoms with Crippen LogP contribution in [0.3, 0.4) is 0 Å². The van der Waals surface area contributed by atoms with Gasteiger partial charge in [-0.15, -0.1) is 0 Å². The molecule has 0 saturated carbocycles. The molecular formula is C15H19N3O4. The van der Waals surface area contributed by atoms with Crippen molar-refractivity contribution in [2.75, 3.05) is 26.2 Å². The van der Waals surface area contributed by atoms with Crippen molar-refractivity contribution < 1.29 is 14.8 Å². The molecule has 1 unspecified atom stereocenters. The zero-order valence-electron chi connectivity index (χ0n) is 12.2. The molecule has 1 aliphatic heterocycles. The Kier molecular flexibility index (Phi) is 5.60. The number of aliphatic carboxylic acids is 1. The van der Waals surface area contributed by atoms with Crippen LogP contribution in [0.15, 0.2) is 29.3 Å². The molecule has 22 heavy (non-hydrogen) atoms. The Morgan fingerprint density at radius 2 is 2.27 bits per heavy atom. The Morgan fingerprint density at radius 3 is 3.00 bits per heavy atom. The Morgan fingerprint density at radius 1 is 1.50 bits per heavy atom. The molecule has 0 spiro atoms. The van der Waals surface area contributed by atoms with Crippen LogP contribution in [0.5, 0.6) is 0 Å². The number of nitro benzene ring substituents is 1. The third kappa shape index (κ3) is 4.36. The van der Waals surface area contributed by atoms with E-state index in [-0.39, 0.29) is 11.6 Å². The smallest absolute Gasteiger partial charge is 0.307 e. The minimum Gasteiger partial charge on any atom is -0.481 e. The first-order valence-corrected chi connectivity index (χ1v) is 7.26. The van der Waals surface area contributed by atoms with Gasteiger partial charge in [-0.25, -0.2) is 0 Å². The van der Waals surface area contributed by atoms with E-state index in [2.05, 4.69) is 9.89 Å². The van der Waals surface area contributed by atoms with Crippen molar-refractivity contribution >= 4 is 17.9 Å². The molecule has 0 aliphatic carbocycles. The highest BCUT2D eigenvalue weighted by atomic mass is 16.6. The molecule has 1 heterocycles. The van der Waals surface area contributed by atoms with E-state index in [4.69, 9.17) is 5.11 Å². The Hall–Kier alpha value is -2.28. The number of hydrogen-bond acceptors (Lipinski definition) is 5. The zero-order chi connectivity index (χ0) is 15.9. The molecule has 1 aliphatic rings. The number of carboxylic acid groups (broad SMARTS) is 1. The van der Waals surface area contributed by atoms with Gasteiger partial charge in [0.1, 0.15) is 0 Å². The largest absolute Gasteiger partial charge is 0.481 e. The monoisotopic (exact) mass is 305 g/mol. The Balaban J connectivity index is 1.86. The van der Waals surface area contributed by atoms with E-state index in [1.165, 1.54) is 12.3 Å². The van der Waals surface area contributed by atoms with Gasteiger partial charge in [-0.2, -0.15) is 0 Å². The molecular weight excluding hydrogens is 286 g/mol. The van der Waals surface area contributed by atoms with Crippen LogP contribution >= 0.6 is 0 Å². The summed E-state index contributed by atoms with van der Waals surface area (Å²) in [6, 6.07) is 6.46. The number of rotatable bonds is 6. The summed E-state index contributed by atoms with van der Waals surface area (Å²) in [5, 5.41) is 19.9. The number of piperidine rings is 1. The molecule has 0 aromatic heterocycles. The van der Waals surface area contributed by atoms with Crippen molar-refractivity contribution in [1.29, 1.82) is 0 Å². The SMILES string of the molecule is O=C(O)C1CCCN(CCN=Cc2ccccc2[N+](=O)[O-])C1. The molecule has 1 fully saturated rings. The zero-order valence-corrected chi connectivity index (χ0v) is 12.2. The molecule has 7 nitrogen and oxygen atoms in total. The molecule has 2 rings (SSSR count). The van der Waals surface area contributed by atoms with Crippen molar-refractivity contribution in [2.45, 2.75) is 12.8 Å². The van der Waals surface area contributed by atoms with Gasteiger partial charge in [0.2, 0.25) is 0 Å². The third-order valence-electron chi connectivity index (χ3n) is 3.76. The Bertz CT molecular complexity index is 574. The van der Waals surface area contributed by atoms with Crippen LogP contribution in [0.1, 0.15) is 18.4 Å². The van der Waals surface area contributed by atoms with Gasteiger partial charge in [-0.05, 0) is 25.5 Å². The van der Waals surface area contributed by atoms with Gasteiger partial charge in [0.15, 0.2) is 0 Å². The number of hydrogen-bond donors (Lipinski definition) is 1. The molecule has 118 valence electrons. The minimum atomic E-state index is -0.742. The van der Waals surface area contributed by atoms with Gasteiger partial charge in [-0.1, -0.05) is 12.1 Å². The second-order valence-corrected chi connectivity index (χ2v) is 5.33. The van der Waals surface area contributed by atoms with Crippen LogP contribution in [-0.4, -0.2) is 53.3 Å². The number of aliphatic imine (C=N–C) groups is 1. The second-order valence-electron chi connectivity index (χ2n) is 5.33. The van der Waals surface area contributed by atoms with Gasteiger partial charge < -0.3 is 10.0 Å². The summed E-state index contributed by atoms with van der Waals surface area (Å²) in [4.78, 5) is 27.8. The Labute approximate surface area is 128 Å². The number of carbonyl (C=O) groups is 1. The van der Waals surface area contributed by atoms with Gasteiger partial charge >= 0.3 is 5.97 Å². The fourth-order valence-electron chi connectivity index (χ4n) is 2.59. The highest BCUT2D eigenvalue weighted by molar-refractivity contribution is 5.85. The molecule has 1 atom stereocenters. The van der Waals surface area contributed by atoms with Gasteiger partial charge in [0, 0.05) is 25.4 Å². The predicted molar refractivity (Wildman–Crippen MR) is 82.4 cm³/mol. The van der Waals surface area contributed by atoms with Crippen LogP contribution in [0, 0.1) is 16.0 Å². The first-order chi connectivity index (χ1) is 10.6. The van der Waals surface area contributed by atoms with Crippen molar-refractivity contribution in [3.8, 4) is 0 Å². The lowest BCUT2D eigenvalue weighted by Crippen LogP contribution is -2.39. The van der Waals surface area contributed by atoms with E-state index in [9.17, 15) is 14.9 Å². The molecule has 0 radical (unpaired) electrons. The maximum absolute atomic E-state index is 11.0. The normalized spacial score (nSPS) is 19.4. The fourth-order valence-corrected chi connectivity index (χ4v) is 2.59. The molecule has 7 heteroatoms. The van der Waals surface area contributed by atoms with Crippen LogP contribution in [0.25, 0.3) is 0 Å². The third-order valence-corrected chi connectivity index (χ3v) is 3.76. The van der Waals surface area contributed by atoms with Crippen LogP contribution < -0.4 is 0 Å². The minimum absolute atomic E-state index is 0.0372. The highest BCUT2D eigenvalue weighted by Gasteiger charge is 2.24. The summed E-state index contributed by atoms with van der Waals surface area (Å²) < 4.78 is 0. The van der Waals surface area contributed by atoms with Crippen LogP contribution in [0.2, 0.25) is 0 Å². The van der Waals surface area contributed by atoms with E-state index in [0.717, 1.165) is 19.4 Å². The molecule has 0 bridgehead atoms. The number of benzene rings is 1. The fraction of sp³-hybridized carbons (Fsp3) is 0.467. The average Bonchev–Trinajstić information content (AvgIpc) is 2.52. The summed E-state index contributed by atoms with van der Waals surface area (Å²) in [6.07, 6.45) is 3.12. The summed E-state index contributed by atoms with van der Waals surface area (Å²) in [7, 11) is 0. The number of nitrogens with zero attached hydrogens (tertiary/aromatic N) is 3. The van der Waals surface area contributed by atoms with Crippen molar-refractivity contribution in [3.05, 3.63) is 39.9 Å².